The van der Waals surface area contributed by atoms with Crippen molar-refractivity contribution in [3.63, 3.8) is 0 Å². The summed E-state index contributed by atoms with van der Waals surface area (Å²) in [7, 11) is -3.88. The zero-order valence-corrected chi connectivity index (χ0v) is 12.6. The number of nitrogens with one attached hydrogen (secondary N) is 1. The van der Waals surface area contributed by atoms with Gasteiger partial charge >= 0.3 is 5.69 Å². The highest BCUT2D eigenvalue weighted by Gasteiger charge is 2.29. The molecule has 0 aromatic heterocycles. The molecule has 1 atom stereocenters. The molecular weight excluding hydrogens is 299 g/mol. The van der Waals surface area contributed by atoms with Gasteiger partial charge in [0.15, 0.2) is 0 Å². The lowest BCUT2D eigenvalue weighted by atomic mass is 10.1. The Morgan fingerprint density at radius 2 is 2.10 bits per heavy atom. The average Bonchev–Trinajstić information content (AvgIpc) is 3.23. The van der Waals surface area contributed by atoms with Gasteiger partial charge in [-0.05, 0) is 43.2 Å². The minimum absolute atomic E-state index is 0.0696. The van der Waals surface area contributed by atoms with E-state index in [-0.39, 0.29) is 22.9 Å². The average molecular weight is 316 g/mol. The summed E-state index contributed by atoms with van der Waals surface area (Å²) in [6, 6.07) is 1.86. The molecule has 1 aromatic rings. The van der Waals surface area contributed by atoms with Crippen LogP contribution in [-0.2, 0) is 10.0 Å². The zero-order valence-electron chi connectivity index (χ0n) is 11.8. The Bertz CT molecular complexity index is 671. The van der Waals surface area contributed by atoms with Gasteiger partial charge in [0.05, 0.1) is 9.82 Å². The minimum Gasteiger partial charge on any atom is -0.258 e. The minimum atomic E-state index is -3.88. The van der Waals surface area contributed by atoms with E-state index in [2.05, 4.69) is 4.72 Å². The van der Waals surface area contributed by atoms with Gasteiger partial charge in [-0.25, -0.2) is 13.1 Å². The molecule has 1 aliphatic carbocycles. The number of benzene rings is 1. The molecule has 116 valence electrons. The standard InChI is InChI=1S/C13H17FN2O4S/c1-8-5-11(6-12(13(8)14)16(17)18)21(19,20)15-7-9(2)10-3-4-10/h5-6,9-10,15H,3-4,7H2,1-2H3. The normalized spacial score (nSPS) is 16.7. The Hall–Kier alpha value is -1.54. The van der Waals surface area contributed by atoms with Crippen molar-refractivity contribution < 1.29 is 17.7 Å². The molecule has 6 nitrogen and oxygen atoms in total. The van der Waals surface area contributed by atoms with Crippen LogP contribution >= 0.6 is 0 Å². The van der Waals surface area contributed by atoms with E-state index in [1.807, 2.05) is 6.92 Å². The second kappa shape index (κ2) is 5.69. The number of nitrogens with zero attached hydrogens (tertiary/aromatic N) is 1. The first kappa shape index (κ1) is 15.8. The molecule has 21 heavy (non-hydrogen) atoms. The molecule has 0 bridgehead atoms. The number of sulfonamides is 1. The number of rotatable bonds is 6. The second-order valence-corrected chi connectivity index (χ2v) is 7.26. The van der Waals surface area contributed by atoms with Crippen LogP contribution in [0.4, 0.5) is 10.1 Å². The third kappa shape index (κ3) is 3.56. The van der Waals surface area contributed by atoms with Crippen molar-refractivity contribution in [2.45, 2.75) is 31.6 Å². The fourth-order valence-corrected chi connectivity index (χ4v) is 3.41. The molecular formula is C13H17FN2O4S. The van der Waals surface area contributed by atoms with Crippen LogP contribution in [-0.4, -0.2) is 19.9 Å². The Labute approximate surface area is 122 Å². The third-order valence-electron chi connectivity index (χ3n) is 3.74. The predicted molar refractivity (Wildman–Crippen MR) is 74.9 cm³/mol. The van der Waals surface area contributed by atoms with Gasteiger partial charge in [0.1, 0.15) is 0 Å². The van der Waals surface area contributed by atoms with Crippen molar-refractivity contribution >= 4 is 15.7 Å². The lowest BCUT2D eigenvalue weighted by Crippen LogP contribution is -2.29. The molecule has 1 N–H and O–H groups in total. The maximum atomic E-state index is 13.6. The number of hydrogen-bond donors (Lipinski definition) is 1. The Balaban J connectivity index is 2.24. The van der Waals surface area contributed by atoms with E-state index in [1.54, 1.807) is 0 Å². The van der Waals surface area contributed by atoms with Crippen LogP contribution in [0.5, 0.6) is 0 Å². The van der Waals surface area contributed by atoms with Gasteiger partial charge in [0.2, 0.25) is 15.8 Å². The van der Waals surface area contributed by atoms with Gasteiger partial charge in [-0.15, -0.1) is 0 Å². The largest absolute Gasteiger partial charge is 0.306 e. The van der Waals surface area contributed by atoms with E-state index in [1.165, 1.54) is 6.92 Å². The summed E-state index contributed by atoms with van der Waals surface area (Å²) in [6.45, 7) is 3.53. The fraction of sp³-hybridized carbons (Fsp3) is 0.538. The summed E-state index contributed by atoms with van der Waals surface area (Å²) < 4.78 is 40.4. The molecule has 1 fully saturated rings. The van der Waals surface area contributed by atoms with Crippen molar-refractivity contribution in [3.8, 4) is 0 Å². The molecule has 0 radical (unpaired) electrons. The van der Waals surface area contributed by atoms with E-state index in [4.69, 9.17) is 0 Å². The molecule has 8 heteroatoms. The van der Waals surface area contributed by atoms with Crippen LogP contribution in [0.2, 0.25) is 0 Å². The zero-order chi connectivity index (χ0) is 15.8. The Morgan fingerprint density at radius 3 is 2.62 bits per heavy atom. The summed E-state index contributed by atoms with van der Waals surface area (Å²) in [5.74, 6) is -0.251. The third-order valence-corrected chi connectivity index (χ3v) is 5.14. The van der Waals surface area contributed by atoms with Crippen LogP contribution in [0.3, 0.4) is 0 Å². The van der Waals surface area contributed by atoms with Crippen molar-refractivity contribution in [1.82, 2.24) is 4.72 Å². The lowest BCUT2D eigenvalue weighted by molar-refractivity contribution is -0.387. The molecule has 1 aliphatic rings. The number of hydrogen-bond acceptors (Lipinski definition) is 4. The van der Waals surface area contributed by atoms with Crippen LogP contribution in [0.1, 0.15) is 25.3 Å². The molecule has 0 aliphatic heterocycles. The molecule has 0 amide bonds. The quantitative estimate of drug-likeness (QED) is 0.644. The van der Waals surface area contributed by atoms with Crippen LogP contribution in [0.15, 0.2) is 17.0 Å². The van der Waals surface area contributed by atoms with E-state index in [0.29, 0.717) is 5.92 Å². The number of nitro benzene ring substituents is 1. The van der Waals surface area contributed by atoms with E-state index in [9.17, 15) is 22.9 Å². The number of aryl methyl sites for hydroxylation is 1. The van der Waals surface area contributed by atoms with E-state index < -0.39 is 26.5 Å². The Morgan fingerprint density at radius 1 is 1.48 bits per heavy atom. The van der Waals surface area contributed by atoms with Crippen LogP contribution < -0.4 is 4.72 Å². The van der Waals surface area contributed by atoms with E-state index in [0.717, 1.165) is 25.0 Å². The molecule has 0 spiro atoms. The first-order valence-electron chi connectivity index (χ1n) is 6.66. The van der Waals surface area contributed by atoms with Crippen LogP contribution in [0.25, 0.3) is 0 Å². The first-order chi connectivity index (χ1) is 9.72. The highest BCUT2D eigenvalue weighted by molar-refractivity contribution is 7.89. The SMILES string of the molecule is Cc1cc(S(=O)(=O)NCC(C)C2CC2)cc([N+](=O)[O-])c1F. The summed E-state index contributed by atoms with van der Waals surface area (Å²) in [4.78, 5) is 9.56. The number of halogens is 1. The van der Waals surface area contributed by atoms with Gasteiger partial charge in [0, 0.05) is 12.6 Å². The van der Waals surface area contributed by atoms with Crippen molar-refractivity contribution in [3.05, 3.63) is 33.6 Å². The summed E-state index contributed by atoms with van der Waals surface area (Å²) in [5, 5.41) is 10.8. The molecule has 0 saturated heterocycles. The second-order valence-electron chi connectivity index (χ2n) is 5.50. The molecule has 1 aromatic carbocycles. The topological polar surface area (TPSA) is 89.3 Å². The molecule has 1 unspecified atom stereocenters. The fourth-order valence-electron chi connectivity index (χ4n) is 2.16. The highest BCUT2D eigenvalue weighted by Crippen LogP contribution is 2.36. The van der Waals surface area contributed by atoms with Gasteiger partial charge in [-0.3, -0.25) is 10.1 Å². The number of nitro groups is 1. The first-order valence-corrected chi connectivity index (χ1v) is 8.15. The monoisotopic (exact) mass is 316 g/mol. The summed E-state index contributed by atoms with van der Waals surface area (Å²) >= 11 is 0. The van der Waals surface area contributed by atoms with Gasteiger partial charge in [-0.2, -0.15) is 4.39 Å². The van der Waals surface area contributed by atoms with Crippen molar-refractivity contribution in [2.24, 2.45) is 11.8 Å². The van der Waals surface area contributed by atoms with Crippen molar-refractivity contribution in [1.29, 1.82) is 0 Å². The maximum Gasteiger partial charge on any atom is 0.306 e. The predicted octanol–water partition coefficient (Wildman–Crippen LogP) is 2.37. The lowest BCUT2D eigenvalue weighted by Gasteiger charge is -2.12. The molecule has 2 rings (SSSR count). The molecule has 0 heterocycles. The van der Waals surface area contributed by atoms with Gasteiger partial charge < -0.3 is 0 Å². The van der Waals surface area contributed by atoms with Gasteiger partial charge in [-0.1, -0.05) is 6.92 Å². The Kier molecular flexibility index (Phi) is 4.29. The van der Waals surface area contributed by atoms with Crippen LogP contribution in [0, 0.1) is 34.7 Å². The van der Waals surface area contributed by atoms with Crippen molar-refractivity contribution in [2.75, 3.05) is 6.54 Å². The van der Waals surface area contributed by atoms with E-state index >= 15 is 0 Å². The van der Waals surface area contributed by atoms with Gasteiger partial charge in [0.25, 0.3) is 0 Å². The summed E-state index contributed by atoms with van der Waals surface area (Å²) in [5.41, 5.74) is -0.898. The molecule has 1 saturated carbocycles. The summed E-state index contributed by atoms with van der Waals surface area (Å²) in [6.07, 6.45) is 2.20. The maximum absolute atomic E-state index is 13.6. The highest BCUT2D eigenvalue weighted by atomic mass is 32.2. The smallest absolute Gasteiger partial charge is 0.258 e.